The van der Waals surface area contributed by atoms with E-state index in [9.17, 15) is 18.0 Å². The third-order valence-corrected chi connectivity index (χ3v) is 4.00. The zero-order valence-electron chi connectivity index (χ0n) is 14.0. The Balaban J connectivity index is 1.95. The molecule has 0 fully saturated rings. The number of ether oxygens (including phenoxy) is 1. The molecule has 0 bridgehead atoms. The molecule has 1 atom stereocenters. The Morgan fingerprint density at radius 1 is 1.19 bits per heavy atom. The van der Waals surface area contributed by atoms with Gasteiger partial charge in [0, 0.05) is 0 Å². The number of hydrogen-bond donors (Lipinski definition) is 1. The van der Waals surface area contributed by atoms with Crippen LogP contribution >= 0.6 is 0 Å². The van der Waals surface area contributed by atoms with Crippen LogP contribution in [0.25, 0.3) is 11.0 Å². The molecule has 0 aliphatic rings. The summed E-state index contributed by atoms with van der Waals surface area (Å²) < 4.78 is 43.9. The minimum atomic E-state index is -4.44. The first kappa shape index (κ1) is 18.0. The average molecular weight is 362 g/mol. The first-order valence-electron chi connectivity index (χ1n) is 8.16. The smallest absolute Gasteiger partial charge is 0.416 e. The molecule has 1 heterocycles. The predicted molar refractivity (Wildman–Crippen MR) is 90.6 cm³/mol. The molecular weight excluding hydrogens is 345 g/mol. The number of hydrogen-bond acceptors (Lipinski definition) is 3. The van der Waals surface area contributed by atoms with E-state index in [1.54, 1.807) is 19.1 Å². The van der Waals surface area contributed by atoms with Gasteiger partial charge < -0.3 is 9.72 Å². The molecule has 0 saturated carbocycles. The van der Waals surface area contributed by atoms with Gasteiger partial charge in [0.1, 0.15) is 11.7 Å². The molecule has 0 aliphatic heterocycles. The lowest BCUT2D eigenvalue weighted by molar-refractivity contribution is -0.145. The van der Waals surface area contributed by atoms with Crippen LogP contribution in [0, 0.1) is 0 Å². The number of benzene rings is 2. The van der Waals surface area contributed by atoms with Crippen molar-refractivity contribution in [2.45, 2.75) is 25.4 Å². The molecule has 7 heteroatoms. The molecule has 0 unspecified atom stereocenters. The van der Waals surface area contributed by atoms with Crippen LogP contribution in [0.2, 0.25) is 0 Å². The van der Waals surface area contributed by atoms with Crippen molar-refractivity contribution in [2.75, 3.05) is 6.61 Å². The highest BCUT2D eigenvalue weighted by molar-refractivity contribution is 5.81. The SMILES string of the molecule is CCOC(=O)[C@@H](Cc1cccc(C(F)(F)F)c1)c1nc2ccccc2[nH]1. The summed E-state index contributed by atoms with van der Waals surface area (Å²) >= 11 is 0. The molecule has 136 valence electrons. The zero-order valence-corrected chi connectivity index (χ0v) is 14.0. The van der Waals surface area contributed by atoms with E-state index in [1.807, 2.05) is 18.2 Å². The largest absolute Gasteiger partial charge is 0.465 e. The van der Waals surface area contributed by atoms with Crippen molar-refractivity contribution >= 4 is 17.0 Å². The molecule has 4 nitrogen and oxygen atoms in total. The Hall–Kier alpha value is -2.83. The molecule has 0 amide bonds. The van der Waals surface area contributed by atoms with E-state index >= 15 is 0 Å². The standard InChI is InChI=1S/C19H17F3N2O2/c1-2-26-18(25)14(17-23-15-8-3-4-9-16(15)24-17)11-12-6-5-7-13(10-12)19(20,21)22/h3-10,14H,2,11H2,1H3,(H,23,24)/t14-/m0/s1. The maximum Gasteiger partial charge on any atom is 0.416 e. The summed E-state index contributed by atoms with van der Waals surface area (Å²) in [6, 6.07) is 12.2. The molecule has 3 rings (SSSR count). The molecule has 3 aromatic rings. The monoisotopic (exact) mass is 362 g/mol. The first-order valence-corrected chi connectivity index (χ1v) is 8.16. The van der Waals surface area contributed by atoms with Gasteiger partial charge in [-0.2, -0.15) is 13.2 Å². The van der Waals surface area contributed by atoms with Crippen LogP contribution < -0.4 is 0 Å². The maximum absolute atomic E-state index is 12.9. The van der Waals surface area contributed by atoms with Gasteiger partial charge in [-0.15, -0.1) is 0 Å². The molecule has 1 aromatic heterocycles. The number of H-pyrrole nitrogens is 1. The molecule has 0 spiro atoms. The number of aromatic nitrogens is 2. The number of nitrogens with zero attached hydrogens (tertiary/aromatic N) is 1. The number of alkyl halides is 3. The fourth-order valence-corrected chi connectivity index (χ4v) is 2.78. The lowest BCUT2D eigenvalue weighted by atomic mass is 9.97. The van der Waals surface area contributed by atoms with Gasteiger partial charge in [0.2, 0.25) is 0 Å². The molecule has 0 saturated heterocycles. The highest BCUT2D eigenvalue weighted by Gasteiger charge is 2.31. The summed E-state index contributed by atoms with van der Waals surface area (Å²) in [6.45, 7) is 1.86. The van der Waals surface area contributed by atoms with E-state index in [0.29, 0.717) is 16.9 Å². The number of nitrogens with one attached hydrogen (secondary N) is 1. The quantitative estimate of drug-likeness (QED) is 0.681. The van der Waals surface area contributed by atoms with E-state index in [0.717, 1.165) is 17.6 Å². The van der Waals surface area contributed by atoms with Crippen molar-refractivity contribution < 1.29 is 22.7 Å². The van der Waals surface area contributed by atoms with Crippen LogP contribution in [0.15, 0.2) is 48.5 Å². The van der Waals surface area contributed by atoms with Crippen LogP contribution in [0.3, 0.4) is 0 Å². The normalized spacial score (nSPS) is 12.9. The van der Waals surface area contributed by atoms with E-state index in [-0.39, 0.29) is 13.0 Å². The third kappa shape index (κ3) is 3.87. The van der Waals surface area contributed by atoms with Crippen molar-refractivity contribution in [1.82, 2.24) is 9.97 Å². The second-order valence-corrected chi connectivity index (χ2v) is 5.85. The molecule has 26 heavy (non-hydrogen) atoms. The number of esters is 1. The summed E-state index contributed by atoms with van der Waals surface area (Å²) in [6.07, 6.45) is -4.38. The van der Waals surface area contributed by atoms with Crippen molar-refractivity contribution in [3.05, 3.63) is 65.5 Å². The van der Waals surface area contributed by atoms with E-state index in [1.165, 1.54) is 6.07 Å². The Morgan fingerprint density at radius 2 is 1.96 bits per heavy atom. The Labute approximate surface area is 148 Å². The Morgan fingerprint density at radius 3 is 2.65 bits per heavy atom. The average Bonchev–Trinajstić information content (AvgIpc) is 3.03. The topological polar surface area (TPSA) is 55.0 Å². The second kappa shape index (κ2) is 7.19. The molecule has 2 aromatic carbocycles. The lowest BCUT2D eigenvalue weighted by Crippen LogP contribution is -2.20. The number of fused-ring (bicyclic) bond motifs is 1. The maximum atomic E-state index is 12.9. The van der Waals surface area contributed by atoms with Gasteiger partial charge in [0.25, 0.3) is 0 Å². The predicted octanol–water partition coefficient (Wildman–Crippen LogP) is 4.47. The van der Waals surface area contributed by atoms with Gasteiger partial charge in [0.05, 0.1) is 23.2 Å². The Bertz CT molecular complexity index is 885. The van der Waals surface area contributed by atoms with Gasteiger partial charge >= 0.3 is 12.1 Å². The Kier molecular flexibility index (Phi) is 4.97. The number of para-hydroxylation sites is 2. The van der Waals surface area contributed by atoms with Crippen LogP contribution in [-0.2, 0) is 22.1 Å². The number of halogens is 3. The summed E-state index contributed by atoms with van der Waals surface area (Å²) in [7, 11) is 0. The van der Waals surface area contributed by atoms with Gasteiger partial charge in [-0.1, -0.05) is 30.3 Å². The van der Waals surface area contributed by atoms with Crippen LogP contribution in [0.4, 0.5) is 13.2 Å². The van der Waals surface area contributed by atoms with Crippen molar-refractivity contribution in [3.8, 4) is 0 Å². The number of aromatic amines is 1. The highest BCUT2D eigenvalue weighted by atomic mass is 19.4. The summed E-state index contributed by atoms with van der Waals surface area (Å²) in [5, 5.41) is 0. The van der Waals surface area contributed by atoms with Crippen molar-refractivity contribution in [2.24, 2.45) is 0 Å². The highest BCUT2D eigenvalue weighted by Crippen LogP contribution is 2.31. The first-order chi connectivity index (χ1) is 12.4. The van der Waals surface area contributed by atoms with E-state index < -0.39 is 23.6 Å². The zero-order chi connectivity index (χ0) is 18.7. The number of rotatable bonds is 5. The van der Waals surface area contributed by atoms with Crippen molar-refractivity contribution in [3.63, 3.8) is 0 Å². The van der Waals surface area contributed by atoms with Crippen LogP contribution in [-0.4, -0.2) is 22.5 Å². The number of carbonyl (C=O) groups excluding carboxylic acids is 1. The number of carbonyl (C=O) groups is 1. The third-order valence-electron chi connectivity index (χ3n) is 4.00. The van der Waals surface area contributed by atoms with Crippen molar-refractivity contribution in [1.29, 1.82) is 0 Å². The minimum absolute atomic E-state index is 0.0581. The van der Waals surface area contributed by atoms with Crippen LogP contribution in [0.5, 0.6) is 0 Å². The lowest BCUT2D eigenvalue weighted by Gasteiger charge is -2.15. The molecular formula is C19H17F3N2O2. The molecule has 0 aliphatic carbocycles. The summed E-state index contributed by atoms with van der Waals surface area (Å²) in [5.74, 6) is -0.961. The second-order valence-electron chi connectivity index (χ2n) is 5.85. The van der Waals surface area contributed by atoms with Gasteiger partial charge in [0.15, 0.2) is 0 Å². The minimum Gasteiger partial charge on any atom is -0.465 e. The van der Waals surface area contributed by atoms with E-state index in [4.69, 9.17) is 4.74 Å². The summed E-state index contributed by atoms with van der Waals surface area (Å²) in [4.78, 5) is 19.9. The van der Waals surface area contributed by atoms with Crippen LogP contribution in [0.1, 0.15) is 29.8 Å². The van der Waals surface area contributed by atoms with Gasteiger partial charge in [-0.05, 0) is 37.1 Å². The van der Waals surface area contributed by atoms with E-state index in [2.05, 4.69) is 9.97 Å². The van der Waals surface area contributed by atoms with Gasteiger partial charge in [-0.25, -0.2) is 4.98 Å². The molecule has 0 radical (unpaired) electrons. The van der Waals surface area contributed by atoms with Gasteiger partial charge in [-0.3, -0.25) is 4.79 Å². The molecule has 1 N–H and O–H groups in total. The summed E-state index contributed by atoms with van der Waals surface area (Å²) in [5.41, 5.74) is 1.07. The fourth-order valence-electron chi connectivity index (χ4n) is 2.78. The number of imidazole rings is 1. The fraction of sp³-hybridized carbons (Fsp3) is 0.263.